The van der Waals surface area contributed by atoms with Crippen LogP contribution in [0.3, 0.4) is 0 Å². The summed E-state index contributed by atoms with van der Waals surface area (Å²) < 4.78 is 10.6. The molecular formula is C28H54O4. The molecule has 0 aromatic heterocycles. The number of esters is 2. The fraction of sp³-hybridized carbons (Fsp3) is 0.929. The summed E-state index contributed by atoms with van der Waals surface area (Å²) in [5, 5.41) is 0. The minimum Gasteiger partial charge on any atom is -0.465 e. The number of carbonyl (C=O) groups excluding carboxylic acids is 2. The van der Waals surface area contributed by atoms with Crippen LogP contribution in [0.1, 0.15) is 150 Å². The molecule has 190 valence electrons. The van der Waals surface area contributed by atoms with Gasteiger partial charge >= 0.3 is 11.9 Å². The van der Waals surface area contributed by atoms with Gasteiger partial charge in [0.25, 0.3) is 0 Å². The number of rotatable bonds is 23. The lowest BCUT2D eigenvalue weighted by atomic mass is 9.94. The molecule has 0 atom stereocenters. The summed E-state index contributed by atoms with van der Waals surface area (Å²) in [5.74, 6) is -0.947. The summed E-state index contributed by atoms with van der Waals surface area (Å²) in [6.07, 6.45) is 23.8. The molecule has 0 aromatic rings. The van der Waals surface area contributed by atoms with Crippen LogP contribution in [0.4, 0.5) is 0 Å². The molecule has 0 fully saturated rings. The molecular weight excluding hydrogens is 400 g/mol. The molecule has 0 N–H and O–H groups in total. The molecule has 0 saturated carbocycles. The lowest BCUT2D eigenvalue weighted by molar-refractivity contribution is -0.169. The highest BCUT2D eigenvalue weighted by Crippen LogP contribution is 2.20. The van der Waals surface area contributed by atoms with Crippen LogP contribution in [-0.2, 0) is 19.1 Å². The normalized spacial score (nSPS) is 11.5. The van der Waals surface area contributed by atoms with Crippen molar-refractivity contribution >= 4 is 11.9 Å². The van der Waals surface area contributed by atoms with Crippen LogP contribution < -0.4 is 0 Å². The average molecular weight is 455 g/mol. The third-order valence-electron chi connectivity index (χ3n) is 6.23. The number of ether oxygens (including phenoxy) is 2. The Morgan fingerprint density at radius 1 is 0.469 bits per heavy atom. The SMILES string of the molecule is CCCCCCCCCCCCCCCCCOC(=O)C(C)(C)C(=O)OCCCCCC. The molecule has 4 heteroatoms. The van der Waals surface area contributed by atoms with Crippen LogP contribution in [0, 0.1) is 5.41 Å². The third kappa shape index (κ3) is 17.5. The zero-order valence-corrected chi connectivity index (χ0v) is 22.0. The van der Waals surface area contributed by atoms with Crippen molar-refractivity contribution in [2.75, 3.05) is 13.2 Å². The van der Waals surface area contributed by atoms with Crippen molar-refractivity contribution in [1.82, 2.24) is 0 Å². The van der Waals surface area contributed by atoms with Gasteiger partial charge in [0.1, 0.15) is 0 Å². The molecule has 0 aliphatic carbocycles. The smallest absolute Gasteiger partial charge is 0.322 e. The number of hydrogen-bond acceptors (Lipinski definition) is 4. The van der Waals surface area contributed by atoms with Gasteiger partial charge in [0, 0.05) is 0 Å². The molecule has 0 spiro atoms. The van der Waals surface area contributed by atoms with E-state index >= 15 is 0 Å². The molecule has 0 heterocycles. The Morgan fingerprint density at radius 2 is 0.719 bits per heavy atom. The van der Waals surface area contributed by atoms with E-state index in [4.69, 9.17) is 9.47 Å². The van der Waals surface area contributed by atoms with Crippen LogP contribution in [0.15, 0.2) is 0 Å². The summed E-state index contributed by atoms with van der Waals surface area (Å²) in [5.41, 5.74) is -1.22. The lowest BCUT2D eigenvalue weighted by Gasteiger charge is -2.20. The Labute approximate surface area is 199 Å². The number of hydrogen-bond donors (Lipinski definition) is 0. The Bertz CT molecular complexity index is 445. The van der Waals surface area contributed by atoms with E-state index in [9.17, 15) is 9.59 Å². The Kier molecular flexibility index (Phi) is 21.0. The van der Waals surface area contributed by atoms with Crippen LogP contribution in [0.2, 0.25) is 0 Å². The molecule has 0 aliphatic heterocycles. The van der Waals surface area contributed by atoms with E-state index in [1.807, 2.05) is 0 Å². The summed E-state index contributed by atoms with van der Waals surface area (Å²) in [4.78, 5) is 24.5. The van der Waals surface area contributed by atoms with Gasteiger partial charge in [-0.1, -0.05) is 123 Å². The summed E-state index contributed by atoms with van der Waals surface area (Å²) >= 11 is 0. The van der Waals surface area contributed by atoms with Crippen molar-refractivity contribution in [3.8, 4) is 0 Å². The van der Waals surface area contributed by atoms with E-state index in [1.54, 1.807) is 13.8 Å². The first-order chi connectivity index (χ1) is 15.5. The van der Waals surface area contributed by atoms with Gasteiger partial charge in [0.2, 0.25) is 0 Å². The van der Waals surface area contributed by atoms with Gasteiger partial charge in [0.15, 0.2) is 5.41 Å². The fourth-order valence-corrected chi connectivity index (χ4v) is 3.78. The van der Waals surface area contributed by atoms with E-state index in [-0.39, 0.29) is 0 Å². The molecule has 4 nitrogen and oxygen atoms in total. The van der Waals surface area contributed by atoms with Crippen molar-refractivity contribution in [2.45, 2.75) is 150 Å². The van der Waals surface area contributed by atoms with E-state index in [0.717, 1.165) is 38.5 Å². The molecule has 0 amide bonds. The lowest BCUT2D eigenvalue weighted by Crippen LogP contribution is -2.37. The summed E-state index contributed by atoms with van der Waals surface area (Å²) in [7, 11) is 0. The first-order valence-corrected chi connectivity index (χ1v) is 13.8. The van der Waals surface area contributed by atoms with Gasteiger partial charge in [0.05, 0.1) is 13.2 Å². The Hall–Kier alpha value is -1.06. The summed E-state index contributed by atoms with van der Waals surface area (Å²) in [6, 6.07) is 0. The molecule has 0 saturated heterocycles. The van der Waals surface area contributed by atoms with Gasteiger partial charge in [-0.25, -0.2) is 0 Å². The van der Waals surface area contributed by atoms with Crippen molar-refractivity contribution in [3.63, 3.8) is 0 Å². The van der Waals surface area contributed by atoms with Crippen molar-refractivity contribution < 1.29 is 19.1 Å². The Balaban J connectivity index is 3.53. The van der Waals surface area contributed by atoms with Crippen molar-refractivity contribution in [2.24, 2.45) is 5.41 Å². The van der Waals surface area contributed by atoms with Gasteiger partial charge in [-0.05, 0) is 26.7 Å². The van der Waals surface area contributed by atoms with E-state index in [0.29, 0.717) is 13.2 Å². The zero-order chi connectivity index (χ0) is 23.9. The highest BCUT2D eigenvalue weighted by molar-refractivity contribution is 5.99. The topological polar surface area (TPSA) is 52.6 Å². The van der Waals surface area contributed by atoms with Crippen LogP contribution in [0.5, 0.6) is 0 Å². The maximum absolute atomic E-state index is 12.3. The van der Waals surface area contributed by atoms with Crippen LogP contribution in [-0.4, -0.2) is 25.2 Å². The minimum absolute atomic E-state index is 0.384. The minimum atomic E-state index is -1.22. The second kappa shape index (κ2) is 21.8. The van der Waals surface area contributed by atoms with Crippen LogP contribution in [0.25, 0.3) is 0 Å². The zero-order valence-electron chi connectivity index (χ0n) is 22.0. The van der Waals surface area contributed by atoms with Crippen molar-refractivity contribution in [1.29, 1.82) is 0 Å². The van der Waals surface area contributed by atoms with Gasteiger partial charge in [-0.2, -0.15) is 0 Å². The standard InChI is InChI=1S/C28H54O4/c1-5-7-9-11-12-13-14-15-16-17-18-19-20-21-23-25-32-27(30)28(3,4)26(29)31-24-22-10-8-6-2/h5-25H2,1-4H3. The highest BCUT2D eigenvalue weighted by Gasteiger charge is 2.39. The first-order valence-electron chi connectivity index (χ1n) is 13.8. The molecule has 0 aliphatic rings. The molecule has 32 heavy (non-hydrogen) atoms. The second-order valence-corrected chi connectivity index (χ2v) is 9.91. The summed E-state index contributed by atoms with van der Waals surface area (Å²) in [6.45, 7) is 8.38. The first kappa shape index (κ1) is 30.9. The van der Waals surface area contributed by atoms with Gasteiger partial charge in [-0.3, -0.25) is 9.59 Å². The predicted octanol–water partition coefficient (Wildman–Crippen LogP) is 8.55. The van der Waals surface area contributed by atoms with E-state index in [1.165, 1.54) is 83.5 Å². The molecule has 0 aromatic carbocycles. The van der Waals surface area contributed by atoms with Crippen LogP contribution >= 0.6 is 0 Å². The van der Waals surface area contributed by atoms with Gasteiger partial charge in [-0.15, -0.1) is 0 Å². The van der Waals surface area contributed by atoms with Gasteiger partial charge < -0.3 is 9.47 Å². The largest absolute Gasteiger partial charge is 0.465 e. The second-order valence-electron chi connectivity index (χ2n) is 9.91. The fourth-order valence-electron chi connectivity index (χ4n) is 3.78. The average Bonchev–Trinajstić information content (AvgIpc) is 2.78. The molecule has 0 radical (unpaired) electrons. The van der Waals surface area contributed by atoms with Crippen molar-refractivity contribution in [3.05, 3.63) is 0 Å². The van der Waals surface area contributed by atoms with E-state index in [2.05, 4.69) is 13.8 Å². The molecule has 0 unspecified atom stereocenters. The predicted molar refractivity (Wildman–Crippen MR) is 135 cm³/mol. The van der Waals surface area contributed by atoms with E-state index < -0.39 is 17.4 Å². The maximum atomic E-state index is 12.3. The quantitative estimate of drug-likeness (QED) is 0.0881. The number of unbranched alkanes of at least 4 members (excludes halogenated alkanes) is 17. The monoisotopic (exact) mass is 454 g/mol. The molecule has 0 bridgehead atoms. The third-order valence-corrected chi connectivity index (χ3v) is 6.23. The molecule has 0 rings (SSSR count). The Morgan fingerprint density at radius 3 is 1.03 bits per heavy atom. The number of carbonyl (C=O) groups is 2. The maximum Gasteiger partial charge on any atom is 0.322 e. The highest BCUT2D eigenvalue weighted by atomic mass is 16.6.